The summed E-state index contributed by atoms with van der Waals surface area (Å²) in [6.45, 7) is 4.58. The van der Waals surface area contributed by atoms with Gasteiger partial charge >= 0.3 is 0 Å². The Balaban J connectivity index is 1.39. The number of halogens is 1. The van der Waals surface area contributed by atoms with Gasteiger partial charge in [0.15, 0.2) is 11.5 Å². The molecule has 5 rings (SSSR count). The van der Waals surface area contributed by atoms with Crippen molar-refractivity contribution in [2.24, 2.45) is 5.92 Å². The molecule has 0 aliphatic carbocycles. The van der Waals surface area contributed by atoms with Crippen LogP contribution in [0.3, 0.4) is 0 Å². The van der Waals surface area contributed by atoms with Crippen LogP contribution < -0.4 is 18.9 Å². The van der Waals surface area contributed by atoms with Crippen molar-refractivity contribution in [2.75, 3.05) is 27.9 Å². The third-order valence-corrected chi connectivity index (χ3v) is 7.59. The van der Waals surface area contributed by atoms with Crippen LogP contribution in [0.15, 0.2) is 54.9 Å². The number of methoxy groups -OCH3 is 3. The van der Waals surface area contributed by atoms with E-state index in [9.17, 15) is 4.79 Å². The van der Waals surface area contributed by atoms with E-state index in [1.165, 1.54) is 0 Å². The zero-order chi connectivity index (χ0) is 27.7. The molecular weight excluding hydrogens is 520 g/mol. The summed E-state index contributed by atoms with van der Waals surface area (Å²) in [6, 6.07) is 13.3. The maximum Gasteiger partial charge on any atom is 0.242 e. The standard InChI is InChI=1S/C29H31ClN4O5/c1-17(19-6-9-22(36-3)10-7-19)33-15-21(13-27(33)35)18(2)39-29-28-23(30)14-31-34(28)16-24(32-29)20-8-11-25(37-4)26(12-20)38-5/h6-12,14,16-18,21H,13,15H2,1-5H3/t17-,18-,21?/m1/s1. The molecule has 39 heavy (non-hydrogen) atoms. The molecule has 1 aliphatic rings. The summed E-state index contributed by atoms with van der Waals surface area (Å²) in [7, 11) is 4.81. The molecule has 0 radical (unpaired) electrons. The molecule has 2 aromatic heterocycles. The first-order valence-corrected chi connectivity index (χ1v) is 13.1. The van der Waals surface area contributed by atoms with Gasteiger partial charge in [0.05, 0.1) is 50.5 Å². The Labute approximate surface area is 232 Å². The first-order valence-electron chi connectivity index (χ1n) is 12.7. The number of fused-ring (bicyclic) bond motifs is 1. The predicted octanol–water partition coefficient (Wildman–Crippen LogP) is 5.45. The molecule has 0 spiro atoms. The lowest BCUT2D eigenvalue weighted by Gasteiger charge is -2.26. The van der Waals surface area contributed by atoms with E-state index < -0.39 is 0 Å². The molecule has 3 atom stereocenters. The van der Waals surface area contributed by atoms with E-state index in [-0.39, 0.29) is 24.0 Å². The van der Waals surface area contributed by atoms with Crippen LogP contribution in [0.5, 0.6) is 23.1 Å². The minimum Gasteiger partial charge on any atom is -0.497 e. The molecule has 1 saturated heterocycles. The SMILES string of the molecule is COc1ccc([C@@H](C)N2CC([C@@H](C)Oc3nc(-c4ccc(OC)c(OC)c4)cn4ncc(Cl)c34)CC2=O)cc1. The molecular formula is C29H31ClN4O5. The number of amides is 1. The molecule has 1 amide bonds. The van der Waals surface area contributed by atoms with E-state index in [0.717, 1.165) is 16.9 Å². The Bertz CT molecular complexity index is 1490. The van der Waals surface area contributed by atoms with Crippen LogP contribution in [0, 0.1) is 5.92 Å². The fraction of sp³-hybridized carbons (Fsp3) is 0.345. The molecule has 10 heteroatoms. The monoisotopic (exact) mass is 550 g/mol. The van der Waals surface area contributed by atoms with Gasteiger partial charge < -0.3 is 23.8 Å². The van der Waals surface area contributed by atoms with Gasteiger partial charge in [0.1, 0.15) is 17.4 Å². The number of rotatable bonds is 9. The first kappa shape index (κ1) is 26.6. The normalized spacial score (nSPS) is 16.8. The van der Waals surface area contributed by atoms with Crippen molar-refractivity contribution in [1.82, 2.24) is 19.5 Å². The van der Waals surface area contributed by atoms with Crippen LogP contribution in [-0.4, -0.2) is 59.4 Å². The average Bonchev–Trinajstić information content (AvgIpc) is 3.54. The lowest BCUT2D eigenvalue weighted by atomic mass is 10.0. The van der Waals surface area contributed by atoms with Crippen LogP contribution >= 0.6 is 11.6 Å². The fourth-order valence-corrected chi connectivity index (χ4v) is 5.16. The molecule has 1 unspecified atom stereocenters. The van der Waals surface area contributed by atoms with Gasteiger partial charge in [-0.3, -0.25) is 4.79 Å². The summed E-state index contributed by atoms with van der Waals surface area (Å²) in [5, 5.41) is 4.81. The van der Waals surface area contributed by atoms with Gasteiger partial charge in [-0.15, -0.1) is 0 Å². The van der Waals surface area contributed by atoms with Gasteiger partial charge in [-0.05, 0) is 49.7 Å². The number of carbonyl (C=O) groups is 1. The summed E-state index contributed by atoms with van der Waals surface area (Å²) in [5.41, 5.74) is 3.05. The third kappa shape index (κ3) is 5.18. The molecule has 204 valence electrons. The molecule has 1 fully saturated rings. The predicted molar refractivity (Wildman–Crippen MR) is 148 cm³/mol. The number of carbonyl (C=O) groups excluding carboxylic acids is 1. The van der Waals surface area contributed by atoms with Crippen molar-refractivity contribution in [3.8, 4) is 34.4 Å². The second kappa shape index (κ2) is 11.0. The van der Waals surface area contributed by atoms with Crippen LogP contribution in [-0.2, 0) is 4.79 Å². The summed E-state index contributed by atoms with van der Waals surface area (Å²) in [6.07, 6.45) is 3.44. The summed E-state index contributed by atoms with van der Waals surface area (Å²) in [4.78, 5) is 19.7. The topological polar surface area (TPSA) is 87.4 Å². The summed E-state index contributed by atoms with van der Waals surface area (Å²) in [5.74, 6) is 2.41. The first-order chi connectivity index (χ1) is 18.8. The molecule has 1 aliphatic heterocycles. The van der Waals surface area contributed by atoms with E-state index in [1.807, 2.05) is 61.2 Å². The highest BCUT2D eigenvalue weighted by atomic mass is 35.5. The van der Waals surface area contributed by atoms with Crippen LogP contribution in [0.4, 0.5) is 0 Å². The Kier molecular flexibility index (Phi) is 7.52. The van der Waals surface area contributed by atoms with E-state index >= 15 is 0 Å². The number of benzene rings is 2. The van der Waals surface area contributed by atoms with Crippen LogP contribution in [0.25, 0.3) is 16.8 Å². The highest BCUT2D eigenvalue weighted by molar-refractivity contribution is 6.34. The van der Waals surface area contributed by atoms with Crippen molar-refractivity contribution in [1.29, 1.82) is 0 Å². The number of aromatic nitrogens is 3. The smallest absolute Gasteiger partial charge is 0.242 e. The van der Waals surface area contributed by atoms with Crippen molar-refractivity contribution in [3.05, 3.63) is 65.4 Å². The van der Waals surface area contributed by atoms with Crippen LogP contribution in [0.2, 0.25) is 5.02 Å². The molecule has 4 aromatic rings. The van der Waals surface area contributed by atoms with Crippen molar-refractivity contribution < 1.29 is 23.7 Å². The molecule has 0 bridgehead atoms. The number of nitrogens with zero attached hydrogens (tertiary/aromatic N) is 4. The van der Waals surface area contributed by atoms with Gasteiger partial charge in [-0.2, -0.15) is 5.10 Å². The maximum absolute atomic E-state index is 13.0. The Morgan fingerprint density at radius 1 is 1.00 bits per heavy atom. The zero-order valence-corrected chi connectivity index (χ0v) is 23.3. The van der Waals surface area contributed by atoms with Gasteiger partial charge in [0.25, 0.3) is 0 Å². The minimum absolute atomic E-state index is 0.0218. The minimum atomic E-state index is -0.301. The molecule has 2 aromatic carbocycles. The fourth-order valence-electron chi connectivity index (χ4n) is 4.95. The van der Waals surface area contributed by atoms with Gasteiger partial charge in [-0.25, -0.2) is 9.50 Å². The second-order valence-electron chi connectivity index (χ2n) is 9.57. The summed E-state index contributed by atoms with van der Waals surface area (Å²) >= 11 is 6.47. The highest BCUT2D eigenvalue weighted by Gasteiger charge is 2.37. The van der Waals surface area contributed by atoms with E-state index in [4.69, 9.17) is 35.5 Å². The number of ether oxygens (including phenoxy) is 4. The lowest BCUT2D eigenvalue weighted by molar-refractivity contribution is -0.129. The number of hydrogen-bond donors (Lipinski definition) is 0. The molecule has 0 N–H and O–H groups in total. The Morgan fingerprint density at radius 3 is 2.44 bits per heavy atom. The van der Waals surface area contributed by atoms with Crippen molar-refractivity contribution in [2.45, 2.75) is 32.4 Å². The van der Waals surface area contributed by atoms with E-state index in [1.54, 1.807) is 38.2 Å². The van der Waals surface area contributed by atoms with Crippen molar-refractivity contribution in [3.63, 3.8) is 0 Å². The highest BCUT2D eigenvalue weighted by Crippen LogP contribution is 2.36. The molecule has 3 heterocycles. The number of likely N-dealkylation sites (tertiary alicyclic amines) is 1. The Morgan fingerprint density at radius 2 is 1.74 bits per heavy atom. The number of hydrogen-bond acceptors (Lipinski definition) is 7. The second-order valence-corrected chi connectivity index (χ2v) is 9.98. The largest absolute Gasteiger partial charge is 0.497 e. The molecule has 0 saturated carbocycles. The zero-order valence-electron chi connectivity index (χ0n) is 22.6. The van der Waals surface area contributed by atoms with E-state index in [0.29, 0.717) is 46.6 Å². The van der Waals surface area contributed by atoms with E-state index in [2.05, 4.69) is 5.10 Å². The molecule has 9 nitrogen and oxygen atoms in total. The van der Waals surface area contributed by atoms with Gasteiger partial charge in [0, 0.05) is 24.4 Å². The maximum atomic E-state index is 13.0. The Hall–Kier alpha value is -3.98. The average molecular weight is 551 g/mol. The quantitative estimate of drug-likeness (QED) is 0.274. The van der Waals surface area contributed by atoms with Gasteiger partial charge in [-0.1, -0.05) is 23.7 Å². The lowest BCUT2D eigenvalue weighted by Crippen LogP contribution is -2.31. The third-order valence-electron chi connectivity index (χ3n) is 7.31. The van der Waals surface area contributed by atoms with Crippen LogP contribution in [0.1, 0.15) is 31.9 Å². The van der Waals surface area contributed by atoms with Gasteiger partial charge in [0.2, 0.25) is 11.8 Å². The van der Waals surface area contributed by atoms with Crippen molar-refractivity contribution >= 4 is 23.0 Å². The summed E-state index contributed by atoms with van der Waals surface area (Å²) < 4.78 is 24.2.